The van der Waals surface area contributed by atoms with Crippen LogP contribution >= 0.6 is 0 Å². The Balaban J connectivity index is 2.26. The molecule has 1 atom stereocenters. The van der Waals surface area contributed by atoms with Gasteiger partial charge in [0.25, 0.3) is 0 Å². The number of nitrogens with zero attached hydrogens (tertiary/aromatic N) is 1. The number of aromatic nitrogens is 1. The average Bonchev–Trinajstić information content (AvgIpc) is 2.83. The number of Topliss-reactive ketones (excluding diaryl/α,β-unsaturated/α-hetero) is 1. The monoisotopic (exact) mass is 316 g/mol. The lowest BCUT2D eigenvalue weighted by Gasteiger charge is -2.18. The van der Waals surface area contributed by atoms with Crippen molar-refractivity contribution in [2.75, 3.05) is 0 Å². The van der Waals surface area contributed by atoms with Crippen molar-refractivity contribution in [1.29, 1.82) is 0 Å². The summed E-state index contributed by atoms with van der Waals surface area (Å²) >= 11 is 0. The number of aliphatic carboxylic acids is 1. The largest absolute Gasteiger partial charge is 0.480 e. The van der Waals surface area contributed by atoms with E-state index in [1.807, 2.05) is 24.3 Å². The number of fused-ring (bicyclic) bond motifs is 1. The van der Waals surface area contributed by atoms with Crippen LogP contribution in [0.1, 0.15) is 31.1 Å². The summed E-state index contributed by atoms with van der Waals surface area (Å²) in [7, 11) is 0. The molecule has 6 nitrogen and oxygen atoms in total. The molecular weight excluding hydrogens is 296 g/mol. The maximum absolute atomic E-state index is 12.2. The Labute approximate surface area is 134 Å². The van der Waals surface area contributed by atoms with Gasteiger partial charge in [-0.25, -0.2) is 4.79 Å². The highest BCUT2D eigenvalue weighted by Crippen LogP contribution is 2.21. The molecule has 6 heteroatoms. The van der Waals surface area contributed by atoms with E-state index in [9.17, 15) is 14.4 Å². The fourth-order valence-electron chi connectivity index (χ4n) is 2.55. The number of benzene rings is 1. The molecule has 0 aliphatic heterocycles. The normalized spacial score (nSPS) is 12.3. The number of hydrogen-bond acceptors (Lipinski definition) is 3. The second kappa shape index (κ2) is 6.64. The molecule has 0 aliphatic rings. The van der Waals surface area contributed by atoms with Crippen molar-refractivity contribution in [3.63, 3.8) is 0 Å². The number of hydrogen-bond donors (Lipinski definition) is 2. The summed E-state index contributed by atoms with van der Waals surface area (Å²) in [5.41, 5.74) is 1.32. The third-order valence-corrected chi connectivity index (χ3v) is 3.73. The number of rotatable bonds is 6. The number of ketones is 1. The molecular formula is C17H20N2O4. The van der Waals surface area contributed by atoms with Crippen LogP contribution in [0.25, 0.3) is 10.9 Å². The molecule has 0 fully saturated rings. The quantitative estimate of drug-likeness (QED) is 0.799. The number of carboxylic acids is 1. The second-order valence-electron chi connectivity index (χ2n) is 5.87. The van der Waals surface area contributed by atoms with Gasteiger partial charge in [0.15, 0.2) is 5.78 Å². The lowest BCUT2D eigenvalue weighted by molar-refractivity contribution is -0.143. The van der Waals surface area contributed by atoms with E-state index in [0.717, 1.165) is 10.9 Å². The zero-order chi connectivity index (χ0) is 17.1. The predicted octanol–water partition coefficient (Wildman–Crippen LogP) is 2.07. The van der Waals surface area contributed by atoms with E-state index in [-0.39, 0.29) is 18.2 Å². The minimum Gasteiger partial charge on any atom is -0.480 e. The molecule has 23 heavy (non-hydrogen) atoms. The number of carboxylic acid groups (broad SMARTS) is 1. The Morgan fingerprint density at radius 2 is 1.87 bits per heavy atom. The lowest BCUT2D eigenvalue weighted by atomic mass is 10.1. The highest BCUT2D eigenvalue weighted by atomic mass is 16.4. The van der Waals surface area contributed by atoms with Gasteiger partial charge in [-0.1, -0.05) is 32.0 Å². The molecule has 0 radical (unpaired) electrons. The van der Waals surface area contributed by atoms with Gasteiger partial charge in [-0.3, -0.25) is 9.59 Å². The molecule has 1 heterocycles. The van der Waals surface area contributed by atoms with Gasteiger partial charge in [-0.15, -0.1) is 0 Å². The van der Waals surface area contributed by atoms with Crippen LogP contribution in [0.5, 0.6) is 0 Å². The highest BCUT2D eigenvalue weighted by Gasteiger charge is 2.23. The zero-order valence-corrected chi connectivity index (χ0v) is 13.4. The van der Waals surface area contributed by atoms with Crippen molar-refractivity contribution in [1.82, 2.24) is 9.88 Å². The summed E-state index contributed by atoms with van der Waals surface area (Å²) in [5, 5.41) is 12.4. The standard InChI is InChI=1S/C17H20N2O4/c1-10(2)16(17(22)23)18-15(21)9-19-8-13(11(3)20)12-6-4-5-7-14(12)19/h4-8,10,16H,9H2,1-3H3,(H,18,21)(H,22,23)/t16-/m0/s1. The summed E-state index contributed by atoms with van der Waals surface area (Å²) in [6.07, 6.45) is 1.64. The summed E-state index contributed by atoms with van der Waals surface area (Å²) in [5.74, 6) is -1.76. The van der Waals surface area contributed by atoms with E-state index in [2.05, 4.69) is 5.32 Å². The van der Waals surface area contributed by atoms with Crippen molar-refractivity contribution in [2.24, 2.45) is 5.92 Å². The van der Waals surface area contributed by atoms with Crippen LogP contribution in [0.2, 0.25) is 0 Å². The number of para-hydroxylation sites is 1. The Morgan fingerprint density at radius 1 is 1.22 bits per heavy atom. The Bertz CT molecular complexity index is 761. The minimum atomic E-state index is -1.06. The predicted molar refractivity (Wildman–Crippen MR) is 86.3 cm³/mol. The van der Waals surface area contributed by atoms with Crippen LogP contribution in [0.3, 0.4) is 0 Å². The number of amides is 1. The molecule has 0 bridgehead atoms. The van der Waals surface area contributed by atoms with Gasteiger partial charge < -0.3 is 15.0 Å². The summed E-state index contributed by atoms with van der Waals surface area (Å²) in [6, 6.07) is 6.38. The minimum absolute atomic E-state index is 0.0374. The molecule has 0 aliphatic carbocycles. The molecule has 2 aromatic rings. The number of carbonyl (C=O) groups excluding carboxylic acids is 2. The topological polar surface area (TPSA) is 88.4 Å². The Hall–Kier alpha value is -2.63. The van der Waals surface area contributed by atoms with Crippen molar-refractivity contribution < 1.29 is 19.5 Å². The van der Waals surface area contributed by atoms with E-state index in [1.165, 1.54) is 6.92 Å². The van der Waals surface area contributed by atoms with Gasteiger partial charge in [-0.2, -0.15) is 0 Å². The van der Waals surface area contributed by atoms with Gasteiger partial charge in [0.2, 0.25) is 5.91 Å². The molecule has 0 unspecified atom stereocenters. The molecule has 0 saturated carbocycles. The van der Waals surface area contributed by atoms with E-state index in [4.69, 9.17) is 5.11 Å². The van der Waals surface area contributed by atoms with Gasteiger partial charge >= 0.3 is 5.97 Å². The molecule has 122 valence electrons. The van der Waals surface area contributed by atoms with Gasteiger partial charge in [0.1, 0.15) is 12.6 Å². The first-order valence-corrected chi connectivity index (χ1v) is 7.42. The Kier molecular flexibility index (Phi) is 4.83. The van der Waals surface area contributed by atoms with Gasteiger partial charge in [0.05, 0.1) is 0 Å². The van der Waals surface area contributed by atoms with Crippen LogP contribution in [0, 0.1) is 5.92 Å². The molecule has 1 aromatic carbocycles. The number of nitrogens with one attached hydrogen (secondary N) is 1. The zero-order valence-electron chi connectivity index (χ0n) is 13.4. The first-order valence-electron chi connectivity index (χ1n) is 7.42. The molecule has 2 N–H and O–H groups in total. The first kappa shape index (κ1) is 16.7. The third kappa shape index (κ3) is 3.59. The highest BCUT2D eigenvalue weighted by molar-refractivity contribution is 6.07. The van der Waals surface area contributed by atoms with E-state index >= 15 is 0 Å². The smallest absolute Gasteiger partial charge is 0.326 e. The van der Waals surface area contributed by atoms with Crippen LogP contribution in [0.4, 0.5) is 0 Å². The third-order valence-electron chi connectivity index (χ3n) is 3.73. The lowest BCUT2D eigenvalue weighted by Crippen LogP contribution is -2.45. The maximum atomic E-state index is 12.2. The molecule has 0 spiro atoms. The number of carbonyl (C=O) groups is 3. The molecule has 2 rings (SSSR count). The van der Waals surface area contributed by atoms with Gasteiger partial charge in [0, 0.05) is 22.7 Å². The Morgan fingerprint density at radius 3 is 2.43 bits per heavy atom. The van der Waals surface area contributed by atoms with Crippen LogP contribution in [-0.4, -0.2) is 33.4 Å². The first-order chi connectivity index (χ1) is 10.8. The summed E-state index contributed by atoms with van der Waals surface area (Å²) in [6.45, 7) is 4.91. The van der Waals surface area contributed by atoms with Crippen LogP contribution < -0.4 is 5.32 Å². The van der Waals surface area contributed by atoms with Crippen molar-refractivity contribution in [2.45, 2.75) is 33.4 Å². The van der Waals surface area contributed by atoms with Crippen molar-refractivity contribution in [3.8, 4) is 0 Å². The molecule has 1 aromatic heterocycles. The second-order valence-corrected chi connectivity index (χ2v) is 5.87. The SMILES string of the molecule is CC(=O)c1cn(CC(=O)N[C@H](C(=O)O)C(C)C)c2ccccc12. The van der Waals surface area contributed by atoms with Crippen LogP contribution in [0.15, 0.2) is 30.5 Å². The van der Waals surface area contributed by atoms with E-state index < -0.39 is 17.9 Å². The fraction of sp³-hybridized carbons (Fsp3) is 0.353. The summed E-state index contributed by atoms with van der Waals surface area (Å²) in [4.78, 5) is 35.1. The summed E-state index contributed by atoms with van der Waals surface area (Å²) < 4.78 is 1.67. The van der Waals surface area contributed by atoms with E-state index in [0.29, 0.717) is 5.56 Å². The molecule has 1 amide bonds. The fourth-order valence-corrected chi connectivity index (χ4v) is 2.55. The van der Waals surface area contributed by atoms with Gasteiger partial charge in [-0.05, 0) is 18.9 Å². The van der Waals surface area contributed by atoms with Crippen molar-refractivity contribution >= 4 is 28.6 Å². The van der Waals surface area contributed by atoms with Crippen molar-refractivity contribution in [3.05, 3.63) is 36.0 Å². The molecule has 0 saturated heterocycles. The van der Waals surface area contributed by atoms with Crippen LogP contribution in [-0.2, 0) is 16.1 Å². The average molecular weight is 316 g/mol. The maximum Gasteiger partial charge on any atom is 0.326 e. The van der Waals surface area contributed by atoms with E-state index in [1.54, 1.807) is 24.6 Å².